The third-order valence-corrected chi connectivity index (χ3v) is 8.47. The number of hydrogen-bond acceptors (Lipinski definition) is 6. The number of hydrogen-bond donors (Lipinski definition) is 1. The Morgan fingerprint density at radius 1 is 0.878 bits per heavy atom. The van der Waals surface area contributed by atoms with Crippen LogP contribution in [0.2, 0.25) is 0 Å². The van der Waals surface area contributed by atoms with Crippen molar-refractivity contribution in [1.82, 2.24) is 10.3 Å². The first kappa shape index (κ1) is 27.2. The first-order valence-corrected chi connectivity index (χ1v) is 14.6. The molecule has 4 aromatic rings. The highest BCUT2D eigenvalue weighted by molar-refractivity contribution is 6.10. The maximum Gasteiger partial charge on any atom is 0.150 e. The van der Waals surface area contributed by atoms with Crippen LogP contribution in [0.25, 0.3) is 10.9 Å². The Morgan fingerprint density at radius 3 is 2.24 bits per heavy atom. The average Bonchev–Trinajstić information content (AvgIpc) is 3.81. The molecule has 2 fully saturated rings. The number of rotatable bonds is 11. The van der Waals surface area contributed by atoms with E-state index < -0.39 is 5.41 Å². The van der Waals surface area contributed by atoms with Gasteiger partial charge in [-0.3, -0.25) is 14.6 Å². The van der Waals surface area contributed by atoms with Gasteiger partial charge in [0, 0.05) is 24.4 Å². The van der Waals surface area contributed by atoms with Crippen molar-refractivity contribution >= 4 is 22.5 Å². The van der Waals surface area contributed by atoms with Crippen LogP contribution in [0.3, 0.4) is 0 Å². The predicted molar refractivity (Wildman–Crippen MR) is 160 cm³/mol. The number of nitrogens with zero attached hydrogens (tertiary/aromatic N) is 1. The van der Waals surface area contributed by atoms with Crippen LogP contribution in [0.1, 0.15) is 42.4 Å². The van der Waals surface area contributed by atoms with Gasteiger partial charge in [-0.05, 0) is 98.6 Å². The topological polar surface area (TPSA) is 77.5 Å². The zero-order valence-electron chi connectivity index (χ0n) is 23.5. The van der Waals surface area contributed by atoms with Crippen molar-refractivity contribution in [2.24, 2.45) is 11.3 Å². The minimum Gasteiger partial charge on any atom is -0.493 e. The number of aromatic nitrogens is 1. The molecule has 1 aliphatic heterocycles. The first-order chi connectivity index (χ1) is 20.0. The molecule has 2 aliphatic rings. The molecule has 1 aromatic heterocycles. The molecule has 0 radical (unpaired) electrons. The summed E-state index contributed by atoms with van der Waals surface area (Å²) in [6.07, 6.45) is 5.87. The van der Waals surface area contributed by atoms with Gasteiger partial charge in [0.15, 0.2) is 11.6 Å². The highest BCUT2D eigenvalue weighted by Crippen LogP contribution is 2.48. The van der Waals surface area contributed by atoms with Gasteiger partial charge in [-0.1, -0.05) is 42.5 Å². The van der Waals surface area contributed by atoms with Crippen molar-refractivity contribution in [3.63, 3.8) is 0 Å². The molecule has 2 heterocycles. The number of benzene rings is 3. The number of piperidine rings is 1. The lowest BCUT2D eigenvalue weighted by atomic mass is 9.88. The molecule has 3 aromatic carbocycles. The largest absolute Gasteiger partial charge is 0.493 e. The van der Waals surface area contributed by atoms with Crippen molar-refractivity contribution < 1.29 is 19.1 Å². The molecule has 210 valence electrons. The number of ether oxygens (including phenoxy) is 2. The van der Waals surface area contributed by atoms with Gasteiger partial charge >= 0.3 is 0 Å². The summed E-state index contributed by atoms with van der Waals surface area (Å²) in [5.41, 5.74) is 2.93. The molecule has 0 bridgehead atoms. The smallest absolute Gasteiger partial charge is 0.150 e. The van der Waals surface area contributed by atoms with Gasteiger partial charge in [-0.2, -0.15) is 0 Å². The molecule has 6 heteroatoms. The van der Waals surface area contributed by atoms with Gasteiger partial charge in [0.1, 0.15) is 17.2 Å². The normalized spacial score (nSPS) is 16.3. The van der Waals surface area contributed by atoms with Gasteiger partial charge in [0.05, 0.1) is 17.5 Å². The summed E-state index contributed by atoms with van der Waals surface area (Å²) in [4.78, 5) is 30.7. The van der Waals surface area contributed by atoms with Crippen LogP contribution < -0.4 is 14.8 Å². The monoisotopic (exact) mass is 548 g/mol. The summed E-state index contributed by atoms with van der Waals surface area (Å²) in [5.74, 6) is 2.85. The highest BCUT2D eigenvalue weighted by atomic mass is 16.5. The van der Waals surface area contributed by atoms with E-state index in [-0.39, 0.29) is 18.0 Å². The number of pyridine rings is 1. The number of fused-ring (bicyclic) bond motifs is 1. The SMILES string of the molecule is Cc1cc2nccc(Oc3ccc(CC(=O)C4(C(=O)Cc5ccccc5)CC4)cc3)c2cc1OCC1CCNCC1. The van der Waals surface area contributed by atoms with Crippen LogP contribution in [-0.2, 0) is 22.4 Å². The van der Waals surface area contributed by atoms with E-state index in [1.165, 1.54) is 0 Å². The van der Waals surface area contributed by atoms with Crippen LogP contribution in [0.5, 0.6) is 17.2 Å². The Bertz CT molecular complexity index is 1540. The molecule has 0 spiro atoms. The Kier molecular flexibility index (Phi) is 7.84. The van der Waals surface area contributed by atoms with E-state index in [1.54, 1.807) is 6.20 Å². The minimum atomic E-state index is -0.813. The molecule has 1 N–H and O–H groups in total. The van der Waals surface area contributed by atoms with Crippen LogP contribution in [-0.4, -0.2) is 36.2 Å². The molecule has 1 aliphatic carbocycles. The quantitative estimate of drug-likeness (QED) is 0.218. The van der Waals surface area contributed by atoms with Gasteiger partial charge in [-0.15, -0.1) is 0 Å². The average molecular weight is 549 g/mol. The lowest BCUT2D eigenvalue weighted by Crippen LogP contribution is -2.30. The Labute approximate surface area is 241 Å². The summed E-state index contributed by atoms with van der Waals surface area (Å²) < 4.78 is 12.5. The third-order valence-electron chi connectivity index (χ3n) is 8.47. The molecular formula is C35H36N2O4. The van der Waals surface area contributed by atoms with Crippen molar-refractivity contribution in [2.45, 2.75) is 45.4 Å². The Morgan fingerprint density at radius 2 is 1.56 bits per heavy atom. The number of aryl methyl sites for hydroxylation is 1. The second kappa shape index (κ2) is 11.8. The number of carbonyl (C=O) groups is 2. The first-order valence-electron chi connectivity index (χ1n) is 14.6. The summed E-state index contributed by atoms with van der Waals surface area (Å²) in [5, 5.41) is 4.30. The van der Waals surface area contributed by atoms with Gasteiger partial charge in [0.2, 0.25) is 0 Å². The number of carbonyl (C=O) groups excluding carboxylic acids is 2. The fourth-order valence-electron chi connectivity index (χ4n) is 5.70. The Hall–Kier alpha value is -4.03. The molecule has 6 nitrogen and oxygen atoms in total. The van der Waals surface area contributed by atoms with E-state index in [4.69, 9.17) is 9.47 Å². The maximum atomic E-state index is 13.2. The molecule has 0 unspecified atom stereocenters. The van der Waals surface area contributed by atoms with Gasteiger partial charge in [0.25, 0.3) is 0 Å². The molecule has 1 saturated carbocycles. The van der Waals surface area contributed by atoms with Crippen molar-refractivity contribution in [1.29, 1.82) is 0 Å². The second-order valence-electron chi connectivity index (χ2n) is 11.5. The van der Waals surface area contributed by atoms with Crippen LogP contribution >= 0.6 is 0 Å². The molecule has 0 atom stereocenters. The summed E-state index contributed by atoms with van der Waals surface area (Å²) in [6.45, 7) is 4.86. The van der Waals surface area contributed by atoms with Gasteiger partial charge < -0.3 is 14.8 Å². The Balaban J connectivity index is 1.12. The number of nitrogens with one attached hydrogen (secondary N) is 1. The summed E-state index contributed by atoms with van der Waals surface area (Å²) >= 11 is 0. The van der Waals surface area contributed by atoms with Crippen LogP contribution in [0, 0.1) is 18.3 Å². The van der Waals surface area contributed by atoms with Crippen molar-refractivity contribution in [3.8, 4) is 17.2 Å². The minimum absolute atomic E-state index is 0.0135. The summed E-state index contributed by atoms with van der Waals surface area (Å²) in [6, 6.07) is 23.2. The third kappa shape index (κ3) is 6.18. The maximum absolute atomic E-state index is 13.2. The fourth-order valence-corrected chi connectivity index (χ4v) is 5.70. The lowest BCUT2D eigenvalue weighted by Gasteiger charge is -2.23. The number of Topliss-reactive ketones (excluding diaryl/α,β-unsaturated/α-hetero) is 2. The zero-order chi connectivity index (χ0) is 28.2. The van der Waals surface area contributed by atoms with Crippen LogP contribution in [0.4, 0.5) is 0 Å². The number of ketones is 2. The van der Waals surface area contributed by atoms with Gasteiger partial charge in [-0.25, -0.2) is 0 Å². The van der Waals surface area contributed by atoms with Crippen molar-refractivity contribution in [2.75, 3.05) is 19.7 Å². The fraction of sp³-hybridized carbons (Fsp3) is 0.343. The van der Waals surface area contributed by atoms with E-state index in [9.17, 15) is 9.59 Å². The molecule has 0 amide bonds. The molecule has 41 heavy (non-hydrogen) atoms. The molecule has 1 saturated heterocycles. The summed E-state index contributed by atoms with van der Waals surface area (Å²) in [7, 11) is 0. The predicted octanol–water partition coefficient (Wildman–Crippen LogP) is 6.42. The van der Waals surface area contributed by atoms with Crippen molar-refractivity contribution in [3.05, 3.63) is 95.7 Å². The molecular weight excluding hydrogens is 512 g/mol. The zero-order valence-corrected chi connectivity index (χ0v) is 23.5. The molecule has 6 rings (SSSR count). The lowest BCUT2D eigenvalue weighted by molar-refractivity contribution is -0.133. The van der Waals surface area contributed by atoms with E-state index in [0.29, 0.717) is 43.3 Å². The standard InChI is InChI=1S/C35H36N2O4/c1-24-19-30-29(22-32(24)40-23-27-11-16-36-17-12-27)31(13-18-37-30)41-28-9-7-26(8-10-28)21-34(39)35(14-15-35)33(38)20-25-5-3-2-4-6-25/h2-10,13,18-19,22,27,36H,11-12,14-17,20-21,23H2,1H3. The van der Waals surface area contributed by atoms with E-state index >= 15 is 0 Å². The van der Waals surface area contributed by atoms with E-state index in [0.717, 1.165) is 59.3 Å². The highest BCUT2D eigenvalue weighted by Gasteiger charge is 2.54. The van der Waals surface area contributed by atoms with E-state index in [1.807, 2.05) is 79.7 Å². The van der Waals surface area contributed by atoms with E-state index in [2.05, 4.69) is 10.3 Å². The second-order valence-corrected chi connectivity index (χ2v) is 11.5. The van der Waals surface area contributed by atoms with Crippen LogP contribution in [0.15, 0.2) is 79.0 Å².